The Morgan fingerprint density at radius 2 is 1.76 bits per heavy atom. The highest BCUT2D eigenvalue weighted by atomic mass is 32.2. The number of nitrogens with two attached hydrogens (primary N) is 1. The van der Waals surface area contributed by atoms with E-state index in [9.17, 15) is 13.2 Å². The summed E-state index contributed by atoms with van der Waals surface area (Å²) in [5.74, 6) is -0.349. The Morgan fingerprint density at radius 1 is 1.05 bits per heavy atom. The van der Waals surface area contributed by atoms with Crippen LogP contribution in [0.25, 0.3) is 11.1 Å². The fourth-order valence-corrected chi connectivity index (χ4v) is 5.68. The molecule has 2 atom stereocenters. The number of ether oxygens (including phenoxy) is 1. The van der Waals surface area contributed by atoms with E-state index in [2.05, 4.69) is 4.72 Å². The summed E-state index contributed by atoms with van der Waals surface area (Å²) in [6.45, 7) is 0.341. The van der Waals surface area contributed by atoms with E-state index in [4.69, 9.17) is 10.5 Å². The van der Waals surface area contributed by atoms with Gasteiger partial charge in [0.2, 0.25) is 5.91 Å². The SMILES string of the molecule is CN(C)S(=O)(=O)N[C@H]1CC[C@](Cc2ccc(F)c(-c3ccccc3OCc3ccccc3)c2)(C(N)=O)C1. The van der Waals surface area contributed by atoms with Crippen LogP contribution in [0.1, 0.15) is 30.4 Å². The quantitative estimate of drug-likeness (QED) is 0.417. The molecule has 1 aliphatic rings. The van der Waals surface area contributed by atoms with Gasteiger partial charge in [-0.15, -0.1) is 0 Å². The first-order chi connectivity index (χ1) is 17.6. The third-order valence-corrected chi connectivity index (χ3v) is 8.51. The normalized spacial score (nSPS) is 19.7. The van der Waals surface area contributed by atoms with Crippen LogP contribution in [0.2, 0.25) is 0 Å². The van der Waals surface area contributed by atoms with E-state index in [0.29, 0.717) is 36.3 Å². The molecule has 0 heterocycles. The van der Waals surface area contributed by atoms with Crippen molar-refractivity contribution in [1.29, 1.82) is 0 Å². The van der Waals surface area contributed by atoms with Gasteiger partial charge < -0.3 is 10.5 Å². The molecule has 9 heteroatoms. The number of nitrogens with one attached hydrogen (secondary N) is 1. The molecule has 196 valence electrons. The standard InChI is InChI=1S/C28H32FN3O4S/c1-32(2)37(34,35)31-22-14-15-28(18-22,27(30)33)17-21-12-13-25(29)24(16-21)23-10-6-7-11-26(23)36-19-20-8-4-3-5-9-20/h3-13,16,22,31H,14-15,17-19H2,1-2H3,(H2,30,33)/t22-,28+/m0/s1. The van der Waals surface area contributed by atoms with Crippen LogP contribution in [-0.4, -0.2) is 38.8 Å². The molecule has 0 unspecified atom stereocenters. The number of carbonyl (C=O) groups excluding carboxylic acids is 1. The van der Waals surface area contributed by atoms with Crippen molar-refractivity contribution in [2.75, 3.05) is 14.1 Å². The molecule has 0 saturated heterocycles. The van der Waals surface area contributed by atoms with Gasteiger partial charge in [0.25, 0.3) is 10.2 Å². The zero-order valence-corrected chi connectivity index (χ0v) is 21.8. The zero-order chi connectivity index (χ0) is 26.6. The van der Waals surface area contributed by atoms with Crippen molar-refractivity contribution in [2.24, 2.45) is 11.1 Å². The van der Waals surface area contributed by atoms with Gasteiger partial charge in [-0.05, 0) is 55.0 Å². The Labute approximate surface area is 217 Å². The van der Waals surface area contributed by atoms with Crippen LogP contribution in [0.3, 0.4) is 0 Å². The van der Waals surface area contributed by atoms with Gasteiger partial charge in [0.05, 0.1) is 5.41 Å². The van der Waals surface area contributed by atoms with E-state index in [1.54, 1.807) is 24.3 Å². The minimum absolute atomic E-state index is 0.277. The number of halogens is 1. The Bertz CT molecular complexity index is 1360. The van der Waals surface area contributed by atoms with Crippen molar-refractivity contribution in [3.63, 3.8) is 0 Å². The van der Waals surface area contributed by atoms with Crippen molar-refractivity contribution < 1.29 is 22.3 Å². The average molecular weight is 526 g/mol. The predicted octanol–water partition coefficient (Wildman–Crippen LogP) is 4.03. The van der Waals surface area contributed by atoms with Gasteiger partial charge in [0.1, 0.15) is 18.2 Å². The smallest absolute Gasteiger partial charge is 0.279 e. The van der Waals surface area contributed by atoms with Crippen LogP contribution in [-0.2, 0) is 28.0 Å². The molecule has 1 saturated carbocycles. The second kappa shape index (κ2) is 11.0. The molecular formula is C28H32FN3O4S. The molecule has 1 amide bonds. The summed E-state index contributed by atoms with van der Waals surface area (Å²) in [6.07, 6.45) is 1.48. The summed E-state index contributed by atoms with van der Waals surface area (Å²) in [7, 11) is -0.752. The number of amides is 1. The molecule has 3 aromatic carbocycles. The van der Waals surface area contributed by atoms with E-state index >= 15 is 4.39 Å². The van der Waals surface area contributed by atoms with Gasteiger partial charge in [0, 0.05) is 31.3 Å². The first-order valence-corrected chi connectivity index (χ1v) is 13.6. The molecule has 7 nitrogen and oxygen atoms in total. The van der Waals surface area contributed by atoms with Gasteiger partial charge in [-0.2, -0.15) is 17.4 Å². The predicted molar refractivity (Wildman–Crippen MR) is 141 cm³/mol. The van der Waals surface area contributed by atoms with Crippen LogP contribution >= 0.6 is 0 Å². The van der Waals surface area contributed by atoms with Gasteiger partial charge in [-0.25, -0.2) is 4.39 Å². The van der Waals surface area contributed by atoms with Crippen LogP contribution in [0.5, 0.6) is 5.75 Å². The average Bonchev–Trinajstić information content (AvgIpc) is 3.27. The summed E-state index contributed by atoms with van der Waals surface area (Å²) >= 11 is 0. The molecule has 1 aliphatic carbocycles. The van der Waals surface area contributed by atoms with Crippen molar-refractivity contribution in [3.8, 4) is 16.9 Å². The van der Waals surface area contributed by atoms with Gasteiger partial charge >= 0.3 is 0 Å². The number of rotatable bonds is 10. The Hall–Kier alpha value is -3.27. The lowest BCUT2D eigenvalue weighted by Crippen LogP contribution is -2.43. The van der Waals surface area contributed by atoms with Crippen molar-refractivity contribution in [2.45, 2.75) is 38.3 Å². The molecule has 4 rings (SSSR count). The van der Waals surface area contributed by atoms with Crippen molar-refractivity contribution in [3.05, 3.63) is 89.7 Å². The fourth-order valence-electron chi connectivity index (χ4n) is 4.84. The maximum absolute atomic E-state index is 15.1. The highest BCUT2D eigenvalue weighted by Crippen LogP contribution is 2.42. The van der Waals surface area contributed by atoms with Gasteiger partial charge in [-0.3, -0.25) is 4.79 Å². The minimum Gasteiger partial charge on any atom is -0.488 e. The number of nitrogens with zero attached hydrogens (tertiary/aromatic N) is 1. The summed E-state index contributed by atoms with van der Waals surface area (Å²) in [5.41, 5.74) is 7.62. The Kier molecular flexibility index (Phi) is 7.96. The molecule has 37 heavy (non-hydrogen) atoms. The summed E-state index contributed by atoms with van der Waals surface area (Å²) < 4.78 is 49.4. The lowest BCUT2D eigenvalue weighted by molar-refractivity contribution is -0.127. The zero-order valence-electron chi connectivity index (χ0n) is 21.0. The minimum atomic E-state index is -3.64. The molecule has 1 fully saturated rings. The van der Waals surface area contributed by atoms with E-state index in [1.807, 2.05) is 42.5 Å². The molecule has 0 aliphatic heterocycles. The summed E-state index contributed by atoms with van der Waals surface area (Å²) in [6, 6.07) is 21.3. The maximum atomic E-state index is 15.1. The highest BCUT2D eigenvalue weighted by molar-refractivity contribution is 7.87. The Morgan fingerprint density at radius 3 is 2.46 bits per heavy atom. The van der Waals surface area contributed by atoms with Crippen LogP contribution in [0.4, 0.5) is 4.39 Å². The fraction of sp³-hybridized carbons (Fsp3) is 0.321. The molecule has 0 radical (unpaired) electrons. The number of primary amides is 1. The number of benzene rings is 3. The summed E-state index contributed by atoms with van der Waals surface area (Å²) in [5, 5.41) is 0. The molecule has 0 bridgehead atoms. The van der Waals surface area contributed by atoms with Crippen LogP contribution in [0, 0.1) is 11.2 Å². The van der Waals surface area contributed by atoms with Gasteiger partial charge in [0.15, 0.2) is 0 Å². The Balaban J connectivity index is 1.58. The molecule has 3 aromatic rings. The number of carbonyl (C=O) groups is 1. The van der Waals surface area contributed by atoms with Gasteiger partial charge in [-0.1, -0.05) is 54.6 Å². The third-order valence-electron chi connectivity index (χ3n) is 6.92. The van der Waals surface area contributed by atoms with E-state index < -0.39 is 33.4 Å². The maximum Gasteiger partial charge on any atom is 0.279 e. The molecule has 0 spiro atoms. The van der Waals surface area contributed by atoms with Crippen molar-refractivity contribution >= 4 is 16.1 Å². The van der Waals surface area contributed by atoms with Crippen LogP contribution < -0.4 is 15.2 Å². The first kappa shape index (κ1) is 26.8. The van der Waals surface area contributed by atoms with Crippen molar-refractivity contribution in [1.82, 2.24) is 9.03 Å². The van der Waals surface area contributed by atoms with E-state index in [1.165, 1.54) is 20.2 Å². The molecule has 0 aromatic heterocycles. The first-order valence-electron chi connectivity index (χ1n) is 12.1. The highest BCUT2D eigenvalue weighted by Gasteiger charge is 2.45. The summed E-state index contributed by atoms with van der Waals surface area (Å²) in [4.78, 5) is 12.6. The molecular weight excluding hydrogens is 493 g/mol. The second-order valence-corrected chi connectivity index (χ2v) is 11.7. The monoisotopic (exact) mass is 525 g/mol. The largest absolute Gasteiger partial charge is 0.488 e. The second-order valence-electron chi connectivity index (χ2n) is 9.75. The van der Waals surface area contributed by atoms with E-state index in [-0.39, 0.29) is 12.8 Å². The lowest BCUT2D eigenvalue weighted by atomic mass is 9.78. The third kappa shape index (κ3) is 6.18. The van der Waals surface area contributed by atoms with Crippen LogP contribution in [0.15, 0.2) is 72.8 Å². The topological polar surface area (TPSA) is 102 Å². The number of hydrogen-bond acceptors (Lipinski definition) is 4. The van der Waals surface area contributed by atoms with E-state index in [0.717, 1.165) is 15.4 Å². The lowest BCUT2D eigenvalue weighted by Gasteiger charge is -2.26. The number of para-hydroxylation sites is 1. The molecule has 3 N–H and O–H groups in total. The number of hydrogen-bond donors (Lipinski definition) is 2.